The van der Waals surface area contributed by atoms with E-state index < -0.39 is 5.97 Å². The quantitative estimate of drug-likeness (QED) is 0.917. The Labute approximate surface area is 112 Å². The Morgan fingerprint density at radius 1 is 1.32 bits per heavy atom. The molecule has 1 N–H and O–H groups in total. The van der Waals surface area contributed by atoms with E-state index in [-0.39, 0.29) is 6.42 Å². The predicted octanol–water partition coefficient (Wildman–Crippen LogP) is 2.84. The van der Waals surface area contributed by atoms with Crippen LogP contribution in [0.4, 0.5) is 0 Å². The Morgan fingerprint density at radius 3 is 2.47 bits per heavy atom. The third-order valence-corrected chi connectivity index (χ3v) is 3.18. The van der Waals surface area contributed by atoms with Crippen molar-refractivity contribution in [1.82, 2.24) is 9.78 Å². The van der Waals surface area contributed by atoms with Crippen LogP contribution in [0, 0.1) is 0 Å². The summed E-state index contributed by atoms with van der Waals surface area (Å²) < 4.78 is 1.62. The molecule has 0 bridgehead atoms. The number of benzene rings is 1. The number of carboxylic acid groups (broad SMARTS) is 1. The van der Waals surface area contributed by atoms with Gasteiger partial charge >= 0.3 is 5.97 Å². The molecule has 0 unspecified atom stereocenters. The Hall–Kier alpha value is -2.10. The Kier molecular flexibility index (Phi) is 3.69. The highest BCUT2D eigenvalue weighted by Crippen LogP contribution is 2.22. The van der Waals surface area contributed by atoms with Gasteiger partial charge in [-0.15, -0.1) is 0 Å². The van der Waals surface area contributed by atoms with Gasteiger partial charge < -0.3 is 5.11 Å². The second-order valence-electron chi connectivity index (χ2n) is 4.99. The first-order valence-electron chi connectivity index (χ1n) is 6.32. The van der Waals surface area contributed by atoms with Crippen LogP contribution < -0.4 is 0 Å². The first-order chi connectivity index (χ1) is 8.97. The van der Waals surface area contributed by atoms with E-state index >= 15 is 0 Å². The molecular formula is C15H18N2O2. The maximum Gasteiger partial charge on any atom is 0.309 e. The van der Waals surface area contributed by atoms with Crippen molar-refractivity contribution in [3.05, 3.63) is 41.6 Å². The molecule has 0 saturated carbocycles. The molecule has 2 aromatic rings. The molecule has 0 aliphatic carbocycles. The van der Waals surface area contributed by atoms with Crippen LogP contribution in [0.2, 0.25) is 0 Å². The van der Waals surface area contributed by atoms with E-state index in [0.29, 0.717) is 11.6 Å². The molecule has 0 amide bonds. The molecule has 4 heteroatoms. The van der Waals surface area contributed by atoms with Crippen LogP contribution >= 0.6 is 0 Å². The van der Waals surface area contributed by atoms with Gasteiger partial charge in [-0.1, -0.05) is 38.1 Å². The first kappa shape index (κ1) is 13.3. The van der Waals surface area contributed by atoms with E-state index in [1.54, 1.807) is 11.7 Å². The number of nitrogens with zero attached hydrogens (tertiary/aromatic N) is 2. The minimum atomic E-state index is -0.843. The van der Waals surface area contributed by atoms with Gasteiger partial charge in [0, 0.05) is 18.3 Å². The van der Waals surface area contributed by atoms with Crippen LogP contribution in [-0.4, -0.2) is 20.9 Å². The topological polar surface area (TPSA) is 55.1 Å². The van der Waals surface area contributed by atoms with Gasteiger partial charge in [-0.3, -0.25) is 9.48 Å². The fourth-order valence-electron chi connectivity index (χ4n) is 2.01. The van der Waals surface area contributed by atoms with E-state index in [9.17, 15) is 4.79 Å². The van der Waals surface area contributed by atoms with E-state index in [1.807, 2.05) is 18.2 Å². The number of hydrogen-bond acceptors (Lipinski definition) is 2. The van der Waals surface area contributed by atoms with Crippen LogP contribution in [0.1, 0.15) is 31.0 Å². The van der Waals surface area contributed by atoms with Crippen LogP contribution in [0.3, 0.4) is 0 Å². The average molecular weight is 258 g/mol. The Bertz CT molecular complexity index is 583. The minimum absolute atomic E-state index is 0.00637. The van der Waals surface area contributed by atoms with Gasteiger partial charge in [0.15, 0.2) is 0 Å². The summed E-state index contributed by atoms with van der Waals surface area (Å²) >= 11 is 0. The van der Waals surface area contributed by atoms with Crippen LogP contribution in [0.25, 0.3) is 11.3 Å². The lowest BCUT2D eigenvalue weighted by Gasteiger charge is -2.05. The van der Waals surface area contributed by atoms with Crippen molar-refractivity contribution in [2.24, 2.45) is 7.05 Å². The number of aromatic nitrogens is 2. The standard InChI is InChI=1S/C15H18N2O2/c1-10(2)11-4-6-12(7-5-11)14-8-13(9-15(18)19)17(3)16-14/h4-8,10H,9H2,1-3H3,(H,18,19). The molecule has 0 aliphatic rings. The second kappa shape index (κ2) is 5.26. The predicted molar refractivity (Wildman–Crippen MR) is 74.1 cm³/mol. The number of hydrogen-bond donors (Lipinski definition) is 1. The number of carbonyl (C=O) groups is 1. The summed E-state index contributed by atoms with van der Waals surface area (Å²) in [6, 6.07) is 10.1. The third kappa shape index (κ3) is 3.02. The van der Waals surface area contributed by atoms with Crippen molar-refractivity contribution < 1.29 is 9.90 Å². The number of aryl methyl sites for hydroxylation is 1. The Morgan fingerprint density at radius 2 is 1.95 bits per heavy atom. The van der Waals surface area contributed by atoms with E-state index in [2.05, 4.69) is 31.1 Å². The molecule has 0 atom stereocenters. The lowest BCUT2D eigenvalue weighted by atomic mass is 10.0. The SMILES string of the molecule is CC(C)c1ccc(-c2cc(CC(=O)O)n(C)n2)cc1. The van der Waals surface area contributed by atoms with Gasteiger partial charge in [-0.25, -0.2) is 0 Å². The van der Waals surface area contributed by atoms with Crippen molar-refractivity contribution in [1.29, 1.82) is 0 Å². The van der Waals surface area contributed by atoms with Crippen LogP contribution in [0.15, 0.2) is 30.3 Å². The van der Waals surface area contributed by atoms with Crippen molar-refractivity contribution in [2.75, 3.05) is 0 Å². The molecule has 0 fully saturated rings. The Balaban J connectivity index is 2.29. The zero-order chi connectivity index (χ0) is 14.0. The summed E-state index contributed by atoms with van der Waals surface area (Å²) in [5.74, 6) is -0.343. The van der Waals surface area contributed by atoms with Crippen molar-refractivity contribution in [3.63, 3.8) is 0 Å². The fraction of sp³-hybridized carbons (Fsp3) is 0.333. The molecule has 0 radical (unpaired) electrons. The zero-order valence-electron chi connectivity index (χ0n) is 11.4. The summed E-state index contributed by atoms with van der Waals surface area (Å²) in [5.41, 5.74) is 3.81. The maximum atomic E-state index is 10.7. The lowest BCUT2D eigenvalue weighted by Crippen LogP contribution is -2.05. The lowest BCUT2D eigenvalue weighted by molar-refractivity contribution is -0.136. The second-order valence-corrected chi connectivity index (χ2v) is 4.99. The fourth-order valence-corrected chi connectivity index (χ4v) is 2.01. The minimum Gasteiger partial charge on any atom is -0.481 e. The van der Waals surface area contributed by atoms with Crippen LogP contribution in [-0.2, 0) is 18.3 Å². The molecule has 1 aromatic heterocycles. The summed E-state index contributed by atoms with van der Waals surface area (Å²) in [6.07, 6.45) is -0.00637. The molecule has 1 aromatic carbocycles. The maximum absolute atomic E-state index is 10.7. The van der Waals surface area contributed by atoms with Crippen molar-refractivity contribution in [3.8, 4) is 11.3 Å². The van der Waals surface area contributed by atoms with Gasteiger partial charge in [-0.2, -0.15) is 5.10 Å². The molecule has 2 rings (SSSR count). The van der Waals surface area contributed by atoms with E-state index in [4.69, 9.17) is 5.11 Å². The monoisotopic (exact) mass is 258 g/mol. The normalized spacial score (nSPS) is 10.9. The highest BCUT2D eigenvalue weighted by Gasteiger charge is 2.10. The number of carboxylic acids is 1. The molecule has 4 nitrogen and oxygen atoms in total. The molecule has 1 heterocycles. The molecular weight excluding hydrogens is 240 g/mol. The van der Waals surface area contributed by atoms with Crippen molar-refractivity contribution in [2.45, 2.75) is 26.2 Å². The number of aliphatic carboxylic acids is 1. The smallest absolute Gasteiger partial charge is 0.309 e. The largest absolute Gasteiger partial charge is 0.481 e. The highest BCUT2D eigenvalue weighted by molar-refractivity contribution is 5.70. The van der Waals surface area contributed by atoms with Gasteiger partial charge in [0.05, 0.1) is 12.1 Å². The molecule has 19 heavy (non-hydrogen) atoms. The van der Waals surface area contributed by atoms with Crippen LogP contribution in [0.5, 0.6) is 0 Å². The summed E-state index contributed by atoms with van der Waals surface area (Å²) in [5, 5.41) is 13.2. The van der Waals surface area contributed by atoms with Gasteiger partial charge in [0.25, 0.3) is 0 Å². The molecule has 0 spiro atoms. The third-order valence-electron chi connectivity index (χ3n) is 3.18. The van der Waals surface area contributed by atoms with E-state index in [0.717, 1.165) is 11.3 Å². The molecule has 100 valence electrons. The summed E-state index contributed by atoms with van der Waals surface area (Å²) in [4.78, 5) is 10.7. The number of rotatable bonds is 4. The molecule has 0 saturated heterocycles. The van der Waals surface area contributed by atoms with E-state index in [1.165, 1.54) is 5.56 Å². The molecule has 0 aliphatic heterocycles. The highest BCUT2D eigenvalue weighted by atomic mass is 16.4. The van der Waals surface area contributed by atoms with Gasteiger partial charge in [-0.05, 0) is 17.5 Å². The first-order valence-corrected chi connectivity index (χ1v) is 6.32. The van der Waals surface area contributed by atoms with Crippen molar-refractivity contribution >= 4 is 5.97 Å². The summed E-state index contributed by atoms with van der Waals surface area (Å²) in [7, 11) is 1.77. The summed E-state index contributed by atoms with van der Waals surface area (Å²) in [6.45, 7) is 4.31. The average Bonchev–Trinajstić information content (AvgIpc) is 2.70. The zero-order valence-corrected chi connectivity index (χ0v) is 11.4. The van der Waals surface area contributed by atoms with Gasteiger partial charge in [0.2, 0.25) is 0 Å². The van der Waals surface area contributed by atoms with Gasteiger partial charge in [0.1, 0.15) is 0 Å².